The predicted octanol–water partition coefficient (Wildman–Crippen LogP) is 3.62. The summed E-state index contributed by atoms with van der Waals surface area (Å²) in [7, 11) is 0. The number of nitrogens with one attached hydrogen (secondary N) is 1. The summed E-state index contributed by atoms with van der Waals surface area (Å²) in [5.74, 6) is 0.282. The maximum Gasteiger partial charge on any atom is 0.416 e. The van der Waals surface area contributed by atoms with Gasteiger partial charge >= 0.3 is 6.18 Å². The molecule has 1 saturated carbocycles. The number of rotatable bonds is 7. The predicted molar refractivity (Wildman–Crippen MR) is 67.2 cm³/mol. The molecule has 0 bridgehead atoms. The van der Waals surface area contributed by atoms with E-state index in [1.165, 1.54) is 18.9 Å². The average molecular weight is 273 g/mol. The standard InChI is InChI=1S/C14H18F3NO/c15-14(16,17)11-4-3-5-13(10-11)19-9-2-1-8-18-12-6-7-12/h3-5,10,12,18H,1-2,6-9H2. The number of hydrogen-bond acceptors (Lipinski definition) is 2. The number of alkyl halides is 3. The Labute approximate surface area is 111 Å². The molecule has 2 nitrogen and oxygen atoms in total. The number of halogens is 3. The maximum absolute atomic E-state index is 12.5. The average Bonchev–Trinajstić information content (AvgIpc) is 3.17. The van der Waals surface area contributed by atoms with Gasteiger partial charge in [0.05, 0.1) is 12.2 Å². The van der Waals surface area contributed by atoms with Crippen molar-refractivity contribution in [3.05, 3.63) is 29.8 Å². The minimum absolute atomic E-state index is 0.282. The van der Waals surface area contributed by atoms with Gasteiger partial charge in [0, 0.05) is 6.04 Å². The third-order valence-corrected chi connectivity index (χ3v) is 3.01. The fourth-order valence-electron chi connectivity index (χ4n) is 1.77. The molecule has 0 radical (unpaired) electrons. The van der Waals surface area contributed by atoms with Crippen LogP contribution in [0, 0.1) is 0 Å². The third-order valence-electron chi connectivity index (χ3n) is 3.01. The maximum atomic E-state index is 12.5. The van der Waals surface area contributed by atoms with Crippen molar-refractivity contribution in [2.24, 2.45) is 0 Å². The van der Waals surface area contributed by atoms with Gasteiger partial charge in [0.2, 0.25) is 0 Å². The van der Waals surface area contributed by atoms with Crippen LogP contribution in [0.2, 0.25) is 0 Å². The van der Waals surface area contributed by atoms with Crippen molar-refractivity contribution in [2.75, 3.05) is 13.2 Å². The van der Waals surface area contributed by atoms with E-state index in [-0.39, 0.29) is 5.75 Å². The van der Waals surface area contributed by atoms with Gasteiger partial charge in [0.25, 0.3) is 0 Å². The molecule has 0 unspecified atom stereocenters. The highest BCUT2D eigenvalue weighted by atomic mass is 19.4. The summed E-state index contributed by atoms with van der Waals surface area (Å²) in [6.45, 7) is 1.41. The molecule has 1 N–H and O–H groups in total. The zero-order valence-corrected chi connectivity index (χ0v) is 10.7. The second-order valence-corrected chi connectivity index (χ2v) is 4.81. The number of hydrogen-bond donors (Lipinski definition) is 1. The van der Waals surface area contributed by atoms with Crippen LogP contribution in [0.15, 0.2) is 24.3 Å². The van der Waals surface area contributed by atoms with E-state index in [0.29, 0.717) is 12.6 Å². The Kier molecular flexibility index (Phi) is 4.69. The molecule has 0 amide bonds. The molecule has 5 heteroatoms. The molecule has 2 rings (SSSR count). The van der Waals surface area contributed by atoms with Crippen molar-refractivity contribution in [2.45, 2.75) is 37.9 Å². The molecule has 1 aromatic carbocycles. The Morgan fingerprint density at radius 3 is 2.68 bits per heavy atom. The third kappa shape index (κ3) is 5.11. The van der Waals surface area contributed by atoms with Crippen LogP contribution >= 0.6 is 0 Å². The molecule has 0 aliphatic heterocycles. The molecule has 1 aliphatic rings. The van der Waals surface area contributed by atoms with E-state index in [4.69, 9.17) is 4.74 Å². The van der Waals surface area contributed by atoms with Crippen LogP contribution in [0.1, 0.15) is 31.2 Å². The van der Waals surface area contributed by atoms with Gasteiger partial charge in [-0.1, -0.05) is 6.07 Å². The van der Waals surface area contributed by atoms with Gasteiger partial charge in [0.1, 0.15) is 5.75 Å². The fourth-order valence-corrected chi connectivity index (χ4v) is 1.77. The zero-order valence-electron chi connectivity index (χ0n) is 10.7. The van der Waals surface area contributed by atoms with E-state index in [1.807, 2.05) is 0 Å². The van der Waals surface area contributed by atoms with Gasteiger partial charge in [-0.15, -0.1) is 0 Å². The lowest BCUT2D eigenvalue weighted by Crippen LogP contribution is -2.17. The van der Waals surface area contributed by atoms with Crippen LogP contribution in [0.5, 0.6) is 5.75 Å². The summed E-state index contributed by atoms with van der Waals surface area (Å²) >= 11 is 0. The molecule has 0 aromatic heterocycles. The Hall–Kier alpha value is -1.23. The second-order valence-electron chi connectivity index (χ2n) is 4.81. The van der Waals surface area contributed by atoms with E-state index < -0.39 is 11.7 Å². The fraction of sp³-hybridized carbons (Fsp3) is 0.571. The monoisotopic (exact) mass is 273 g/mol. The molecule has 106 valence electrons. The molecule has 0 heterocycles. The van der Waals surface area contributed by atoms with Gasteiger partial charge in [-0.3, -0.25) is 0 Å². The van der Waals surface area contributed by atoms with Crippen molar-refractivity contribution in [3.63, 3.8) is 0 Å². The first-order valence-corrected chi connectivity index (χ1v) is 6.59. The SMILES string of the molecule is FC(F)(F)c1cccc(OCCCCNC2CC2)c1. The van der Waals surface area contributed by atoms with Gasteiger partial charge < -0.3 is 10.1 Å². The van der Waals surface area contributed by atoms with E-state index >= 15 is 0 Å². The molecule has 1 aromatic rings. The summed E-state index contributed by atoms with van der Waals surface area (Å²) in [5.41, 5.74) is -0.666. The lowest BCUT2D eigenvalue weighted by molar-refractivity contribution is -0.137. The quantitative estimate of drug-likeness (QED) is 0.766. The van der Waals surface area contributed by atoms with Crippen molar-refractivity contribution in [1.82, 2.24) is 5.32 Å². The highest BCUT2D eigenvalue weighted by Gasteiger charge is 2.30. The molecule has 0 saturated heterocycles. The van der Waals surface area contributed by atoms with E-state index in [0.717, 1.165) is 31.5 Å². The first-order chi connectivity index (χ1) is 9.05. The molecule has 0 spiro atoms. The summed E-state index contributed by atoms with van der Waals surface area (Å²) < 4.78 is 42.8. The lowest BCUT2D eigenvalue weighted by atomic mass is 10.2. The Morgan fingerprint density at radius 2 is 2.00 bits per heavy atom. The topological polar surface area (TPSA) is 21.3 Å². The minimum atomic E-state index is -4.31. The van der Waals surface area contributed by atoms with Crippen molar-refractivity contribution in [1.29, 1.82) is 0 Å². The number of benzene rings is 1. The van der Waals surface area contributed by atoms with Gasteiger partial charge in [0.15, 0.2) is 0 Å². The molecule has 0 atom stereocenters. The van der Waals surface area contributed by atoms with E-state index in [2.05, 4.69) is 5.32 Å². The first kappa shape index (κ1) is 14.2. The van der Waals surface area contributed by atoms with Crippen LogP contribution in [0.4, 0.5) is 13.2 Å². The number of unbranched alkanes of at least 4 members (excludes halogenated alkanes) is 1. The molecular weight excluding hydrogens is 255 g/mol. The summed E-state index contributed by atoms with van der Waals surface area (Å²) in [4.78, 5) is 0. The zero-order chi connectivity index (χ0) is 13.7. The van der Waals surface area contributed by atoms with Crippen molar-refractivity contribution >= 4 is 0 Å². The minimum Gasteiger partial charge on any atom is -0.494 e. The Balaban J connectivity index is 1.67. The normalized spacial score (nSPS) is 15.5. The highest BCUT2D eigenvalue weighted by Crippen LogP contribution is 2.31. The second kappa shape index (κ2) is 6.28. The van der Waals surface area contributed by atoms with Gasteiger partial charge in [-0.05, 0) is 50.4 Å². The van der Waals surface area contributed by atoms with E-state index in [9.17, 15) is 13.2 Å². The number of ether oxygens (including phenoxy) is 1. The van der Waals surface area contributed by atoms with Crippen LogP contribution in [-0.4, -0.2) is 19.2 Å². The molecule has 1 fully saturated rings. The summed E-state index contributed by atoms with van der Waals surface area (Å²) in [6.07, 6.45) is 0.0421. The first-order valence-electron chi connectivity index (χ1n) is 6.59. The van der Waals surface area contributed by atoms with Crippen molar-refractivity contribution in [3.8, 4) is 5.75 Å². The lowest BCUT2D eigenvalue weighted by Gasteiger charge is -2.10. The van der Waals surface area contributed by atoms with Crippen LogP contribution in [0.25, 0.3) is 0 Å². The molecular formula is C14H18F3NO. The highest BCUT2D eigenvalue weighted by molar-refractivity contribution is 5.30. The van der Waals surface area contributed by atoms with Gasteiger partial charge in [-0.2, -0.15) is 13.2 Å². The Morgan fingerprint density at radius 1 is 1.21 bits per heavy atom. The largest absolute Gasteiger partial charge is 0.494 e. The molecule has 1 aliphatic carbocycles. The van der Waals surface area contributed by atoms with E-state index in [1.54, 1.807) is 6.07 Å². The summed E-state index contributed by atoms with van der Waals surface area (Å²) in [5, 5.41) is 3.38. The van der Waals surface area contributed by atoms with Crippen LogP contribution < -0.4 is 10.1 Å². The summed E-state index contributed by atoms with van der Waals surface area (Å²) in [6, 6.07) is 5.71. The van der Waals surface area contributed by atoms with Crippen LogP contribution in [0.3, 0.4) is 0 Å². The smallest absolute Gasteiger partial charge is 0.416 e. The Bertz CT molecular complexity index is 402. The van der Waals surface area contributed by atoms with Gasteiger partial charge in [-0.25, -0.2) is 0 Å². The molecule has 19 heavy (non-hydrogen) atoms. The van der Waals surface area contributed by atoms with Crippen LogP contribution in [-0.2, 0) is 6.18 Å². The van der Waals surface area contributed by atoms with Crippen molar-refractivity contribution < 1.29 is 17.9 Å².